The van der Waals surface area contributed by atoms with Gasteiger partial charge in [0.2, 0.25) is 5.88 Å². The minimum absolute atomic E-state index is 0.353. The highest BCUT2D eigenvalue weighted by atomic mass is 16.5. The second-order valence-electron chi connectivity index (χ2n) is 13.1. The van der Waals surface area contributed by atoms with E-state index in [0.717, 1.165) is 68.4 Å². The normalized spacial score (nSPS) is 12.9. The molecular formula is C37H49N9O. The molecule has 6 rings (SSSR count). The average molecular weight is 636 g/mol. The fourth-order valence-corrected chi connectivity index (χ4v) is 6.74. The summed E-state index contributed by atoms with van der Waals surface area (Å²) in [4.78, 5) is 25.0. The molecule has 0 radical (unpaired) electrons. The molecule has 10 nitrogen and oxygen atoms in total. The molecular weight excluding hydrogens is 586 g/mol. The van der Waals surface area contributed by atoms with Gasteiger partial charge >= 0.3 is 0 Å². The van der Waals surface area contributed by atoms with E-state index in [1.165, 1.54) is 33.0 Å². The number of hydrogen-bond donors (Lipinski definition) is 3. The van der Waals surface area contributed by atoms with Crippen molar-refractivity contribution in [2.45, 2.75) is 58.7 Å². The van der Waals surface area contributed by atoms with Crippen molar-refractivity contribution in [2.75, 3.05) is 46.9 Å². The summed E-state index contributed by atoms with van der Waals surface area (Å²) in [5.74, 6) is 0.699. The number of aromatic nitrogens is 6. The lowest BCUT2D eigenvalue weighted by Gasteiger charge is -2.33. The van der Waals surface area contributed by atoms with Gasteiger partial charge in [0, 0.05) is 104 Å². The van der Waals surface area contributed by atoms with Gasteiger partial charge in [-0.15, -0.1) is 0 Å². The molecule has 0 aliphatic carbocycles. The van der Waals surface area contributed by atoms with Crippen LogP contribution in [0.4, 0.5) is 0 Å². The first-order chi connectivity index (χ1) is 22.9. The molecule has 0 aliphatic heterocycles. The molecule has 6 aromatic rings. The maximum atomic E-state index is 6.25. The van der Waals surface area contributed by atoms with Crippen LogP contribution in [-0.2, 0) is 25.8 Å². The largest absolute Gasteiger partial charge is 0.476 e. The van der Waals surface area contributed by atoms with Crippen molar-refractivity contribution in [3.8, 4) is 5.88 Å². The van der Waals surface area contributed by atoms with E-state index in [2.05, 4.69) is 104 Å². The van der Waals surface area contributed by atoms with Crippen molar-refractivity contribution >= 4 is 32.7 Å². The molecule has 1 unspecified atom stereocenters. The highest BCUT2D eigenvalue weighted by Gasteiger charge is 2.21. The number of H-pyrrole nitrogens is 2. The van der Waals surface area contributed by atoms with E-state index in [4.69, 9.17) is 4.74 Å². The summed E-state index contributed by atoms with van der Waals surface area (Å²) in [6.45, 7) is 12.0. The zero-order valence-corrected chi connectivity index (χ0v) is 28.5. The van der Waals surface area contributed by atoms with Crippen LogP contribution in [0.25, 0.3) is 32.7 Å². The van der Waals surface area contributed by atoms with Crippen LogP contribution in [0.1, 0.15) is 37.5 Å². The monoisotopic (exact) mass is 635 g/mol. The first kappa shape index (κ1) is 32.7. The highest BCUT2D eigenvalue weighted by Crippen LogP contribution is 2.28. The van der Waals surface area contributed by atoms with Crippen LogP contribution < -0.4 is 10.1 Å². The highest BCUT2D eigenvalue weighted by molar-refractivity contribution is 5.88. The van der Waals surface area contributed by atoms with Gasteiger partial charge in [0.05, 0.1) is 16.4 Å². The third-order valence-corrected chi connectivity index (χ3v) is 9.22. The second kappa shape index (κ2) is 15.1. The van der Waals surface area contributed by atoms with Gasteiger partial charge in [0.1, 0.15) is 6.61 Å². The molecule has 6 heterocycles. The minimum Gasteiger partial charge on any atom is -0.476 e. The molecule has 1 atom stereocenters. The molecule has 0 amide bonds. The lowest BCUT2D eigenvalue weighted by atomic mass is 10.1. The maximum Gasteiger partial charge on any atom is 0.223 e. The predicted molar refractivity (Wildman–Crippen MR) is 191 cm³/mol. The summed E-state index contributed by atoms with van der Waals surface area (Å²) in [5, 5.41) is 7.05. The first-order valence-corrected chi connectivity index (χ1v) is 16.9. The van der Waals surface area contributed by atoms with Gasteiger partial charge in [-0.2, -0.15) is 0 Å². The third kappa shape index (κ3) is 7.67. The van der Waals surface area contributed by atoms with Crippen molar-refractivity contribution in [2.24, 2.45) is 0 Å². The molecule has 0 bridgehead atoms. The summed E-state index contributed by atoms with van der Waals surface area (Å²) in [6.07, 6.45) is 18.9. The summed E-state index contributed by atoms with van der Waals surface area (Å²) in [5.41, 5.74) is 7.34. The van der Waals surface area contributed by atoms with Crippen LogP contribution in [0.3, 0.4) is 0 Å². The topological polar surface area (TPSA) is 103 Å². The smallest absolute Gasteiger partial charge is 0.223 e. The Hall–Kier alpha value is -4.25. The number of aromatic amines is 2. The second-order valence-corrected chi connectivity index (χ2v) is 13.1. The van der Waals surface area contributed by atoms with E-state index >= 15 is 0 Å². The van der Waals surface area contributed by atoms with Gasteiger partial charge in [-0.1, -0.05) is 0 Å². The van der Waals surface area contributed by atoms with Crippen molar-refractivity contribution < 1.29 is 4.74 Å². The van der Waals surface area contributed by atoms with Crippen LogP contribution >= 0.6 is 0 Å². The third-order valence-electron chi connectivity index (χ3n) is 9.22. The Kier molecular flexibility index (Phi) is 10.5. The molecule has 0 aliphatic rings. The van der Waals surface area contributed by atoms with Crippen LogP contribution in [0.5, 0.6) is 5.88 Å². The lowest BCUT2D eigenvalue weighted by Crippen LogP contribution is -2.42. The van der Waals surface area contributed by atoms with Crippen molar-refractivity contribution in [3.63, 3.8) is 0 Å². The lowest BCUT2D eigenvalue weighted by molar-refractivity contribution is 0.152. The van der Waals surface area contributed by atoms with Gasteiger partial charge < -0.3 is 29.5 Å². The number of nitrogens with zero attached hydrogens (tertiary/aromatic N) is 6. The molecule has 10 heteroatoms. The fourth-order valence-electron chi connectivity index (χ4n) is 6.74. The fraction of sp³-hybridized carbons (Fsp3) is 0.432. The molecule has 6 aromatic heterocycles. The molecule has 248 valence electrons. The minimum atomic E-state index is 0.353. The molecule has 3 N–H and O–H groups in total. The molecule has 0 spiro atoms. The van der Waals surface area contributed by atoms with Crippen LogP contribution in [0.2, 0.25) is 0 Å². The number of pyridine rings is 3. The zero-order chi connectivity index (χ0) is 32.8. The Morgan fingerprint density at radius 3 is 2.40 bits per heavy atom. The molecule has 0 saturated carbocycles. The van der Waals surface area contributed by atoms with Gasteiger partial charge in [0.15, 0.2) is 0 Å². The van der Waals surface area contributed by atoms with Crippen molar-refractivity contribution in [1.29, 1.82) is 0 Å². The zero-order valence-electron chi connectivity index (χ0n) is 28.5. The van der Waals surface area contributed by atoms with E-state index in [9.17, 15) is 0 Å². The van der Waals surface area contributed by atoms with Gasteiger partial charge in [-0.3, -0.25) is 14.9 Å². The summed E-state index contributed by atoms with van der Waals surface area (Å²) in [6, 6.07) is 6.95. The SMILES string of the molecule is CC(C)N(CCc1c[nH]c2ccnc(OCCNCCc3c[nH]c4ccncc34)c12)C(C)Cn1cc(CCN(C)C)c2cnccc21. The van der Waals surface area contributed by atoms with E-state index in [0.29, 0.717) is 24.6 Å². The van der Waals surface area contributed by atoms with E-state index in [1.807, 2.05) is 43.1 Å². The Bertz CT molecular complexity index is 1890. The summed E-state index contributed by atoms with van der Waals surface area (Å²) < 4.78 is 8.68. The number of hydrogen-bond acceptors (Lipinski definition) is 7. The van der Waals surface area contributed by atoms with Gasteiger partial charge in [-0.25, -0.2) is 4.98 Å². The van der Waals surface area contributed by atoms with Gasteiger partial charge in [-0.05, 0) is 95.6 Å². The standard InChI is InChI=1S/C37H49N9O/c1-26(2)46(27(3)24-45-25-30(10-17-44(4)5)32-23-40-14-9-35(32)45)18-11-29-21-43-34-8-15-41-37(36(29)34)47-19-16-38-12-6-28-20-42-33-7-13-39-22-31(28)33/h7-9,13-15,20-23,25-27,38,42-43H,6,10-12,16-19,24H2,1-5H3. The number of fused-ring (bicyclic) bond motifs is 3. The average Bonchev–Trinajstić information content (AvgIpc) is 3.78. The molecule has 0 saturated heterocycles. The molecule has 47 heavy (non-hydrogen) atoms. The Morgan fingerprint density at radius 1 is 0.830 bits per heavy atom. The molecule has 0 aromatic carbocycles. The van der Waals surface area contributed by atoms with Crippen LogP contribution in [-0.4, -0.2) is 98.3 Å². The van der Waals surface area contributed by atoms with Crippen molar-refractivity contribution in [3.05, 3.63) is 84.5 Å². The van der Waals surface area contributed by atoms with Gasteiger partial charge in [0.25, 0.3) is 0 Å². The quantitative estimate of drug-likeness (QED) is 0.115. The van der Waals surface area contributed by atoms with Crippen molar-refractivity contribution in [1.82, 2.24) is 44.6 Å². The molecule has 0 fully saturated rings. The Balaban J connectivity index is 1.06. The number of likely N-dealkylation sites (N-methyl/N-ethyl adjacent to an activating group) is 1. The number of nitrogens with one attached hydrogen (secondary N) is 3. The van der Waals surface area contributed by atoms with E-state index in [1.54, 1.807) is 0 Å². The predicted octanol–water partition coefficient (Wildman–Crippen LogP) is 5.45. The van der Waals surface area contributed by atoms with Crippen LogP contribution in [0.15, 0.2) is 67.8 Å². The number of rotatable bonds is 17. The maximum absolute atomic E-state index is 6.25. The van der Waals surface area contributed by atoms with E-state index in [-0.39, 0.29) is 0 Å². The summed E-state index contributed by atoms with van der Waals surface area (Å²) in [7, 11) is 4.26. The van der Waals surface area contributed by atoms with Crippen LogP contribution in [0, 0.1) is 0 Å². The Labute approximate surface area is 277 Å². The summed E-state index contributed by atoms with van der Waals surface area (Å²) >= 11 is 0. The van der Waals surface area contributed by atoms with E-state index < -0.39 is 0 Å². The number of ether oxygens (including phenoxy) is 1. The Morgan fingerprint density at radius 2 is 1.57 bits per heavy atom. The first-order valence-electron chi connectivity index (χ1n) is 16.9.